The second kappa shape index (κ2) is 7.01. The standard InChI is InChI=1S/C19H18N4OS2/c1-11-2-9-15-16(10-11)26-18(21-15)13-5-7-14(8-6-13)20-19(25)23-22-17(24)12-3-4-12/h2,5-10,12H,3-4H2,1H3,(H,22,24)(H2,20,23,25). The molecule has 1 saturated carbocycles. The number of thiocarbonyl (C=S) groups is 1. The van der Waals surface area contributed by atoms with Crippen molar-refractivity contribution in [3.63, 3.8) is 0 Å². The van der Waals surface area contributed by atoms with E-state index in [1.165, 1.54) is 10.3 Å². The highest BCUT2D eigenvalue weighted by Gasteiger charge is 2.29. The van der Waals surface area contributed by atoms with E-state index in [1.54, 1.807) is 11.3 Å². The Balaban J connectivity index is 1.40. The van der Waals surface area contributed by atoms with E-state index in [1.807, 2.05) is 24.3 Å². The van der Waals surface area contributed by atoms with Gasteiger partial charge in [0.05, 0.1) is 10.2 Å². The van der Waals surface area contributed by atoms with Crippen molar-refractivity contribution in [3.8, 4) is 10.6 Å². The Bertz CT molecular complexity index is 977. The molecule has 7 heteroatoms. The molecule has 3 aromatic rings. The molecule has 5 nitrogen and oxygen atoms in total. The van der Waals surface area contributed by atoms with Crippen molar-refractivity contribution >= 4 is 50.5 Å². The Morgan fingerprint density at radius 3 is 2.65 bits per heavy atom. The second-order valence-electron chi connectivity index (χ2n) is 6.41. The maximum Gasteiger partial charge on any atom is 0.241 e. The molecular weight excluding hydrogens is 364 g/mol. The molecule has 2 aromatic carbocycles. The normalized spacial score (nSPS) is 13.4. The van der Waals surface area contributed by atoms with Crippen LogP contribution in [0.3, 0.4) is 0 Å². The summed E-state index contributed by atoms with van der Waals surface area (Å²) in [6.45, 7) is 2.09. The summed E-state index contributed by atoms with van der Waals surface area (Å²) in [6.07, 6.45) is 1.92. The van der Waals surface area contributed by atoms with Crippen LogP contribution < -0.4 is 16.2 Å². The molecule has 0 spiro atoms. The van der Waals surface area contributed by atoms with Crippen molar-refractivity contribution in [2.24, 2.45) is 5.92 Å². The predicted molar refractivity (Wildman–Crippen MR) is 110 cm³/mol. The van der Waals surface area contributed by atoms with Crippen LogP contribution in [-0.4, -0.2) is 16.0 Å². The Morgan fingerprint density at radius 1 is 1.15 bits per heavy atom. The lowest BCUT2D eigenvalue weighted by molar-refractivity contribution is -0.122. The third kappa shape index (κ3) is 3.84. The van der Waals surface area contributed by atoms with Crippen molar-refractivity contribution in [3.05, 3.63) is 48.0 Å². The highest BCUT2D eigenvalue weighted by Crippen LogP contribution is 2.31. The summed E-state index contributed by atoms with van der Waals surface area (Å²) in [5.41, 5.74) is 9.53. The van der Waals surface area contributed by atoms with Gasteiger partial charge in [-0.2, -0.15) is 0 Å². The molecule has 1 fully saturated rings. The van der Waals surface area contributed by atoms with Gasteiger partial charge < -0.3 is 5.32 Å². The van der Waals surface area contributed by atoms with Crippen LogP contribution in [-0.2, 0) is 4.79 Å². The first-order chi connectivity index (χ1) is 12.6. The van der Waals surface area contributed by atoms with Crippen molar-refractivity contribution < 1.29 is 4.79 Å². The van der Waals surface area contributed by atoms with E-state index in [4.69, 9.17) is 17.2 Å². The van der Waals surface area contributed by atoms with Crippen molar-refractivity contribution in [1.82, 2.24) is 15.8 Å². The predicted octanol–water partition coefficient (Wildman–Crippen LogP) is 4.00. The molecule has 0 aliphatic heterocycles. The SMILES string of the molecule is Cc1ccc2nc(-c3ccc(NC(=S)NNC(=O)C4CC4)cc3)sc2c1. The van der Waals surface area contributed by atoms with E-state index in [0.29, 0.717) is 5.11 Å². The zero-order valence-corrected chi connectivity index (χ0v) is 15.8. The van der Waals surface area contributed by atoms with Crippen molar-refractivity contribution in [2.45, 2.75) is 19.8 Å². The first kappa shape index (κ1) is 16.9. The largest absolute Gasteiger partial charge is 0.331 e. The number of hydrogen-bond acceptors (Lipinski definition) is 4. The van der Waals surface area contributed by atoms with Crippen LogP contribution in [0.4, 0.5) is 5.69 Å². The molecule has 1 aliphatic rings. The van der Waals surface area contributed by atoms with Crippen LogP contribution in [0.15, 0.2) is 42.5 Å². The topological polar surface area (TPSA) is 66.1 Å². The molecule has 4 rings (SSSR count). The summed E-state index contributed by atoms with van der Waals surface area (Å²) in [5, 5.41) is 4.42. The van der Waals surface area contributed by atoms with Crippen LogP contribution in [0.5, 0.6) is 0 Å². The summed E-state index contributed by atoms with van der Waals surface area (Å²) in [5.74, 6) is 0.137. The Hall–Kier alpha value is -2.51. The first-order valence-corrected chi connectivity index (χ1v) is 9.65. The molecule has 0 radical (unpaired) electrons. The molecule has 0 bridgehead atoms. The molecule has 26 heavy (non-hydrogen) atoms. The summed E-state index contributed by atoms with van der Waals surface area (Å²) in [4.78, 5) is 16.3. The highest BCUT2D eigenvalue weighted by molar-refractivity contribution is 7.80. The van der Waals surface area contributed by atoms with Crippen LogP contribution in [0.1, 0.15) is 18.4 Å². The minimum Gasteiger partial charge on any atom is -0.331 e. The van der Waals surface area contributed by atoms with Gasteiger partial charge in [-0.1, -0.05) is 6.07 Å². The number of nitrogens with zero attached hydrogens (tertiary/aromatic N) is 1. The molecule has 1 heterocycles. The average Bonchev–Trinajstić information content (AvgIpc) is 3.40. The summed E-state index contributed by atoms with van der Waals surface area (Å²) < 4.78 is 1.19. The molecule has 132 valence electrons. The summed E-state index contributed by atoms with van der Waals surface area (Å²) >= 11 is 6.88. The number of aromatic nitrogens is 1. The number of benzene rings is 2. The molecule has 1 aromatic heterocycles. The Morgan fingerprint density at radius 2 is 1.92 bits per heavy atom. The highest BCUT2D eigenvalue weighted by atomic mass is 32.1. The first-order valence-electron chi connectivity index (χ1n) is 8.43. The summed E-state index contributed by atoms with van der Waals surface area (Å²) in [6, 6.07) is 14.2. The number of carbonyl (C=O) groups is 1. The van der Waals surface area contributed by atoms with Gasteiger partial charge in [0.2, 0.25) is 5.91 Å². The van der Waals surface area contributed by atoms with E-state index in [2.05, 4.69) is 41.3 Å². The fourth-order valence-corrected chi connectivity index (χ4v) is 3.82. The van der Waals surface area contributed by atoms with Gasteiger partial charge in [-0.25, -0.2) is 4.98 Å². The molecule has 0 saturated heterocycles. The van der Waals surface area contributed by atoms with Gasteiger partial charge in [-0.3, -0.25) is 15.6 Å². The molecule has 0 unspecified atom stereocenters. The maximum absolute atomic E-state index is 11.6. The van der Waals surface area contributed by atoms with Gasteiger partial charge in [-0.15, -0.1) is 11.3 Å². The zero-order chi connectivity index (χ0) is 18.1. The van der Waals surface area contributed by atoms with E-state index in [9.17, 15) is 4.79 Å². The number of rotatable bonds is 3. The van der Waals surface area contributed by atoms with Crippen LogP contribution >= 0.6 is 23.6 Å². The number of fused-ring (bicyclic) bond motifs is 1. The number of carbonyl (C=O) groups excluding carboxylic acids is 1. The van der Waals surface area contributed by atoms with Gasteiger partial charge in [0, 0.05) is 17.2 Å². The number of hydrogen-bond donors (Lipinski definition) is 3. The van der Waals surface area contributed by atoms with Crippen LogP contribution in [0, 0.1) is 12.8 Å². The molecule has 1 amide bonds. The molecule has 0 atom stereocenters. The summed E-state index contributed by atoms with van der Waals surface area (Å²) in [7, 11) is 0. The number of aryl methyl sites for hydroxylation is 1. The lowest BCUT2D eigenvalue weighted by Gasteiger charge is -2.11. The van der Waals surface area contributed by atoms with Crippen molar-refractivity contribution in [1.29, 1.82) is 0 Å². The number of thiazole rings is 1. The maximum atomic E-state index is 11.6. The van der Waals surface area contributed by atoms with E-state index in [-0.39, 0.29) is 11.8 Å². The second-order valence-corrected chi connectivity index (χ2v) is 7.85. The van der Waals surface area contributed by atoms with Gasteiger partial charge in [0.1, 0.15) is 5.01 Å². The van der Waals surface area contributed by atoms with Gasteiger partial charge in [-0.05, 0) is 73.9 Å². The monoisotopic (exact) mass is 382 g/mol. The quantitative estimate of drug-likeness (QED) is 0.472. The molecule has 1 aliphatic carbocycles. The minimum absolute atomic E-state index is 0.00410. The fraction of sp³-hybridized carbons (Fsp3) is 0.211. The number of hydrazine groups is 1. The third-order valence-electron chi connectivity index (χ3n) is 4.18. The number of amides is 1. The average molecular weight is 383 g/mol. The van der Waals surface area contributed by atoms with Gasteiger partial charge in [0.15, 0.2) is 5.11 Å². The number of nitrogens with one attached hydrogen (secondary N) is 3. The van der Waals surface area contributed by atoms with Crippen LogP contribution in [0.2, 0.25) is 0 Å². The van der Waals surface area contributed by atoms with E-state index in [0.717, 1.165) is 34.6 Å². The van der Waals surface area contributed by atoms with Gasteiger partial charge >= 0.3 is 0 Å². The lowest BCUT2D eigenvalue weighted by Crippen LogP contribution is -2.44. The Kier molecular flexibility index (Phi) is 4.57. The van der Waals surface area contributed by atoms with Crippen LogP contribution in [0.25, 0.3) is 20.8 Å². The smallest absolute Gasteiger partial charge is 0.241 e. The fourth-order valence-electron chi connectivity index (χ4n) is 2.58. The molecule has 3 N–H and O–H groups in total. The van der Waals surface area contributed by atoms with Crippen molar-refractivity contribution in [2.75, 3.05) is 5.32 Å². The minimum atomic E-state index is -0.00410. The van der Waals surface area contributed by atoms with Gasteiger partial charge in [0.25, 0.3) is 0 Å². The molecular formula is C19H18N4OS2. The lowest BCUT2D eigenvalue weighted by atomic mass is 10.2. The Labute approximate surface area is 160 Å². The number of anilines is 1. The van der Waals surface area contributed by atoms with E-state index >= 15 is 0 Å². The third-order valence-corrected chi connectivity index (χ3v) is 5.45. The zero-order valence-electron chi connectivity index (χ0n) is 14.2. The van der Waals surface area contributed by atoms with E-state index < -0.39 is 0 Å².